The molecule has 0 spiro atoms. The molecule has 1 aromatic heterocycles. The van der Waals surface area contributed by atoms with E-state index in [9.17, 15) is 9.59 Å². The fourth-order valence-electron chi connectivity index (χ4n) is 1.79. The Labute approximate surface area is 114 Å². The average Bonchev–Trinajstić information content (AvgIpc) is 2.77. The second-order valence-electron chi connectivity index (χ2n) is 4.29. The molecule has 5 nitrogen and oxygen atoms in total. The Balaban J connectivity index is 2.19. The lowest BCUT2D eigenvalue weighted by molar-refractivity contribution is -0.137. The van der Waals surface area contributed by atoms with E-state index in [4.69, 9.17) is 16.7 Å². The molecule has 0 fully saturated rings. The van der Waals surface area contributed by atoms with Crippen molar-refractivity contribution in [3.63, 3.8) is 0 Å². The first-order chi connectivity index (χ1) is 8.97. The highest BCUT2D eigenvalue weighted by atomic mass is 35.5. The molecule has 0 aliphatic heterocycles. The summed E-state index contributed by atoms with van der Waals surface area (Å²) in [5, 5.41) is 10.1. The van der Waals surface area contributed by atoms with Crippen LogP contribution in [0, 0.1) is 0 Å². The largest absolute Gasteiger partial charge is 0.481 e. The molecule has 2 aromatic rings. The Bertz CT molecular complexity index is 636. The second kappa shape index (κ2) is 5.32. The third kappa shape index (κ3) is 3.06. The van der Waals surface area contributed by atoms with Crippen LogP contribution in [0.25, 0.3) is 10.9 Å². The summed E-state index contributed by atoms with van der Waals surface area (Å²) in [5.41, 5.74) is 1.20. The minimum atomic E-state index is -0.928. The van der Waals surface area contributed by atoms with E-state index >= 15 is 0 Å². The molecular weight excluding hydrogens is 268 g/mol. The van der Waals surface area contributed by atoms with Gasteiger partial charge in [0, 0.05) is 29.5 Å². The summed E-state index contributed by atoms with van der Waals surface area (Å²) in [4.78, 5) is 26.9. The number of hydrogen-bond donors (Lipinski definition) is 2. The lowest BCUT2D eigenvalue weighted by Gasteiger charge is -2.14. The van der Waals surface area contributed by atoms with Crippen molar-refractivity contribution < 1.29 is 14.7 Å². The number of carboxylic acid groups (broad SMARTS) is 1. The summed E-state index contributed by atoms with van der Waals surface area (Å²) in [6.07, 6.45) is -0.0751. The van der Waals surface area contributed by atoms with Gasteiger partial charge in [0.05, 0.1) is 6.42 Å². The lowest BCUT2D eigenvalue weighted by Crippen LogP contribution is -2.29. The van der Waals surface area contributed by atoms with Gasteiger partial charge < -0.3 is 15.0 Å². The van der Waals surface area contributed by atoms with Crippen LogP contribution < -0.4 is 0 Å². The monoisotopic (exact) mass is 280 g/mol. The first-order valence-corrected chi connectivity index (χ1v) is 6.10. The van der Waals surface area contributed by atoms with Crippen LogP contribution in [0.15, 0.2) is 24.3 Å². The molecule has 0 unspecified atom stereocenters. The number of rotatable bonds is 4. The Morgan fingerprint density at radius 2 is 2.11 bits per heavy atom. The standard InChI is InChI=1S/C13H13ClN2O3/c1-16(5-4-12(17)18)13(19)11-6-8-2-3-9(14)7-10(8)15-11/h2-3,6-7,15H,4-5H2,1H3,(H,17,18). The third-order valence-corrected chi connectivity index (χ3v) is 3.06. The molecule has 0 saturated carbocycles. The summed E-state index contributed by atoms with van der Waals surface area (Å²) < 4.78 is 0. The van der Waals surface area contributed by atoms with Gasteiger partial charge in [0.1, 0.15) is 5.69 Å². The molecule has 19 heavy (non-hydrogen) atoms. The molecular formula is C13H13ClN2O3. The van der Waals surface area contributed by atoms with Crippen molar-refractivity contribution in [2.45, 2.75) is 6.42 Å². The van der Waals surface area contributed by atoms with E-state index in [0.29, 0.717) is 10.7 Å². The van der Waals surface area contributed by atoms with E-state index in [1.807, 2.05) is 6.07 Å². The molecule has 0 aliphatic carbocycles. The van der Waals surface area contributed by atoms with E-state index in [-0.39, 0.29) is 18.9 Å². The van der Waals surface area contributed by atoms with Gasteiger partial charge in [-0.3, -0.25) is 9.59 Å². The minimum absolute atomic E-state index is 0.0751. The zero-order valence-corrected chi connectivity index (χ0v) is 11.1. The zero-order chi connectivity index (χ0) is 14.0. The number of nitrogens with one attached hydrogen (secondary N) is 1. The third-order valence-electron chi connectivity index (χ3n) is 2.82. The molecule has 2 N–H and O–H groups in total. The van der Waals surface area contributed by atoms with Crippen LogP contribution in [0.2, 0.25) is 5.02 Å². The number of carbonyl (C=O) groups is 2. The van der Waals surface area contributed by atoms with Crippen LogP contribution in [0.4, 0.5) is 0 Å². The predicted molar refractivity (Wildman–Crippen MR) is 72.5 cm³/mol. The zero-order valence-electron chi connectivity index (χ0n) is 10.3. The SMILES string of the molecule is CN(CCC(=O)O)C(=O)c1cc2ccc(Cl)cc2[nH]1. The van der Waals surface area contributed by atoms with E-state index in [1.165, 1.54) is 4.90 Å². The topological polar surface area (TPSA) is 73.4 Å². The molecule has 0 aliphatic rings. The smallest absolute Gasteiger partial charge is 0.305 e. The normalized spacial score (nSPS) is 10.6. The van der Waals surface area contributed by atoms with Gasteiger partial charge in [0.25, 0.3) is 5.91 Å². The maximum atomic E-state index is 12.1. The number of H-pyrrole nitrogens is 1. The number of aliphatic carboxylic acids is 1. The number of benzene rings is 1. The fourth-order valence-corrected chi connectivity index (χ4v) is 1.96. The van der Waals surface area contributed by atoms with Crippen LogP contribution in [-0.4, -0.2) is 40.5 Å². The number of fused-ring (bicyclic) bond motifs is 1. The Morgan fingerprint density at radius 1 is 1.37 bits per heavy atom. The number of aromatic amines is 1. The second-order valence-corrected chi connectivity index (χ2v) is 4.72. The predicted octanol–water partition coefficient (Wildman–Crippen LogP) is 2.37. The van der Waals surface area contributed by atoms with Crippen molar-refractivity contribution in [2.24, 2.45) is 0 Å². The van der Waals surface area contributed by atoms with Crippen LogP contribution >= 0.6 is 11.6 Å². The molecule has 6 heteroatoms. The van der Waals surface area contributed by atoms with Gasteiger partial charge in [-0.15, -0.1) is 0 Å². The summed E-state index contributed by atoms with van der Waals surface area (Å²) in [5.74, 6) is -1.17. The first kappa shape index (κ1) is 13.4. The van der Waals surface area contributed by atoms with Crippen molar-refractivity contribution in [1.82, 2.24) is 9.88 Å². The summed E-state index contributed by atoms with van der Waals surface area (Å²) in [7, 11) is 1.57. The number of halogens is 1. The quantitative estimate of drug-likeness (QED) is 0.903. The maximum absolute atomic E-state index is 12.1. The van der Waals surface area contributed by atoms with E-state index in [1.54, 1.807) is 25.2 Å². The Hall–Kier alpha value is -2.01. The number of amides is 1. The molecule has 1 amide bonds. The summed E-state index contributed by atoms with van der Waals surface area (Å²) >= 11 is 5.87. The number of nitrogens with zero attached hydrogens (tertiary/aromatic N) is 1. The van der Waals surface area contributed by atoms with E-state index in [0.717, 1.165) is 10.9 Å². The van der Waals surface area contributed by atoms with Gasteiger partial charge in [-0.2, -0.15) is 0 Å². The van der Waals surface area contributed by atoms with Gasteiger partial charge >= 0.3 is 5.97 Å². The molecule has 0 bridgehead atoms. The van der Waals surface area contributed by atoms with Crippen LogP contribution in [0.5, 0.6) is 0 Å². The Kier molecular flexibility index (Phi) is 3.76. The molecule has 1 heterocycles. The van der Waals surface area contributed by atoms with E-state index in [2.05, 4.69) is 4.98 Å². The highest BCUT2D eigenvalue weighted by molar-refractivity contribution is 6.31. The average molecular weight is 281 g/mol. The number of aromatic nitrogens is 1. The van der Waals surface area contributed by atoms with Gasteiger partial charge in [-0.25, -0.2) is 0 Å². The van der Waals surface area contributed by atoms with Crippen molar-refractivity contribution in [3.8, 4) is 0 Å². The summed E-state index contributed by atoms with van der Waals surface area (Å²) in [6, 6.07) is 7.04. The maximum Gasteiger partial charge on any atom is 0.305 e. The van der Waals surface area contributed by atoms with Crippen molar-refractivity contribution >= 4 is 34.4 Å². The summed E-state index contributed by atoms with van der Waals surface area (Å²) in [6.45, 7) is 0.171. The first-order valence-electron chi connectivity index (χ1n) is 5.73. The number of carbonyl (C=O) groups excluding carboxylic acids is 1. The van der Waals surface area contributed by atoms with Crippen LogP contribution in [0.3, 0.4) is 0 Å². The molecule has 1 aromatic carbocycles. The van der Waals surface area contributed by atoms with Gasteiger partial charge in [0.2, 0.25) is 0 Å². The molecule has 0 atom stereocenters. The highest BCUT2D eigenvalue weighted by Gasteiger charge is 2.15. The molecule has 0 saturated heterocycles. The fraction of sp³-hybridized carbons (Fsp3) is 0.231. The molecule has 0 radical (unpaired) electrons. The van der Waals surface area contributed by atoms with Crippen LogP contribution in [-0.2, 0) is 4.79 Å². The number of carboxylic acids is 1. The minimum Gasteiger partial charge on any atom is -0.481 e. The van der Waals surface area contributed by atoms with Crippen molar-refractivity contribution in [1.29, 1.82) is 0 Å². The highest BCUT2D eigenvalue weighted by Crippen LogP contribution is 2.20. The molecule has 100 valence electrons. The van der Waals surface area contributed by atoms with Gasteiger partial charge in [0.15, 0.2) is 0 Å². The Morgan fingerprint density at radius 3 is 2.79 bits per heavy atom. The van der Waals surface area contributed by atoms with Gasteiger partial charge in [-0.1, -0.05) is 17.7 Å². The van der Waals surface area contributed by atoms with E-state index < -0.39 is 5.97 Å². The molecule has 2 rings (SSSR count). The van der Waals surface area contributed by atoms with Crippen molar-refractivity contribution in [2.75, 3.05) is 13.6 Å². The van der Waals surface area contributed by atoms with Crippen LogP contribution in [0.1, 0.15) is 16.9 Å². The van der Waals surface area contributed by atoms with Gasteiger partial charge in [-0.05, 0) is 18.2 Å². The lowest BCUT2D eigenvalue weighted by atomic mass is 10.2. The van der Waals surface area contributed by atoms with Crippen molar-refractivity contribution in [3.05, 3.63) is 35.0 Å². The number of hydrogen-bond acceptors (Lipinski definition) is 2.